The second kappa shape index (κ2) is 9.21. The lowest BCUT2D eigenvalue weighted by Gasteiger charge is -2.14. The van der Waals surface area contributed by atoms with E-state index >= 15 is 0 Å². The van der Waals surface area contributed by atoms with E-state index in [0.29, 0.717) is 5.88 Å². The first-order valence-electron chi connectivity index (χ1n) is 7.30. The predicted octanol–water partition coefficient (Wildman–Crippen LogP) is 3.18. The maximum Gasteiger partial charge on any atom is 0.213 e. The van der Waals surface area contributed by atoms with E-state index in [2.05, 4.69) is 22.3 Å². The van der Waals surface area contributed by atoms with Crippen LogP contribution in [0.3, 0.4) is 0 Å². The van der Waals surface area contributed by atoms with Crippen LogP contribution in [0, 0.1) is 5.92 Å². The van der Waals surface area contributed by atoms with Crippen LogP contribution in [0.1, 0.15) is 34.1 Å². The van der Waals surface area contributed by atoms with E-state index in [9.17, 15) is 0 Å². The molecule has 1 aliphatic rings. The highest BCUT2D eigenvalue weighted by Gasteiger charge is 2.19. The Morgan fingerprint density at radius 3 is 2.65 bits per heavy atom. The standard InChI is InChI=1S/C13H20N2OS.C2H7N/c1-10(2)16-13-5-4-12(8-14-13)17-15-7-6-11(3)9-15;1-2-3/h4-5,8,10-11H,6-7,9H2,1-3H3;2-3H2,1H3/t11-;/m0./s1. The van der Waals surface area contributed by atoms with Crippen molar-refractivity contribution in [2.75, 3.05) is 19.6 Å². The lowest BCUT2D eigenvalue weighted by Crippen LogP contribution is -2.10. The van der Waals surface area contributed by atoms with E-state index in [1.807, 2.05) is 33.0 Å². The van der Waals surface area contributed by atoms with Crippen molar-refractivity contribution >= 4 is 11.9 Å². The molecule has 5 heteroatoms. The van der Waals surface area contributed by atoms with Crippen LogP contribution >= 0.6 is 11.9 Å². The summed E-state index contributed by atoms with van der Waals surface area (Å²) in [5.41, 5.74) is 4.85. The lowest BCUT2D eigenvalue weighted by atomic mass is 10.2. The molecule has 4 nitrogen and oxygen atoms in total. The zero-order valence-electron chi connectivity index (χ0n) is 13.0. The normalized spacial score (nSPS) is 18.8. The number of hydrogen-bond donors (Lipinski definition) is 1. The first-order valence-corrected chi connectivity index (χ1v) is 8.08. The molecule has 114 valence electrons. The van der Waals surface area contributed by atoms with Crippen molar-refractivity contribution in [1.29, 1.82) is 0 Å². The first-order chi connectivity index (χ1) is 9.55. The van der Waals surface area contributed by atoms with E-state index in [1.54, 1.807) is 11.9 Å². The maximum atomic E-state index is 5.52. The molecule has 0 unspecified atom stereocenters. The van der Waals surface area contributed by atoms with Crippen molar-refractivity contribution < 1.29 is 4.74 Å². The summed E-state index contributed by atoms with van der Waals surface area (Å²) in [6.45, 7) is 11.3. The number of hydrogen-bond acceptors (Lipinski definition) is 5. The SMILES string of the molecule is CC(C)Oc1ccc(SN2CC[C@H](C)C2)cn1.CCN. The van der Waals surface area contributed by atoms with E-state index in [-0.39, 0.29) is 6.10 Å². The number of nitrogens with two attached hydrogens (primary N) is 1. The zero-order chi connectivity index (χ0) is 15.0. The molecular weight excluding hydrogens is 270 g/mol. The average Bonchev–Trinajstić information content (AvgIpc) is 2.78. The molecule has 2 rings (SSSR count). The first kappa shape index (κ1) is 17.3. The van der Waals surface area contributed by atoms with Crippen molar-refractivity contribution in [2.45, 2.75) is 45.1 Å². The summed E-state index contributed by atoms with van der Waals surface area (Å²) in [5, 5.41) is 0. The molecule has 1 saturated heterocycles. The monoisotopic (exact) mass is 297 g/mol. The van der Waals surface area contributed by atoms with E-state index < -0.39 is 0 Å². The Balaban J connectivity index is 0.000000612. The third-order valence-corrected chi connectivity index (χ3v) is 3.73. The van der Waals surface area contributed by atoms with Gasteiger partial charge in [-0.2, -0.15) is 0 Å². The molecule has 0 amide bonds. The molecule has 2 N–H and O–H groups in total. The number of rotatable bonds is 4. The summed E-state index contributed by atoms with van der Waals surface area (Å²) in [5.74, 6) is 1.53. The summed E-state index contributed by atoms with van der Waals surface area (Å²) < 4.78 is 7.93. The van der Waals surface area contributed by atoms with Crippen LogP contribution < -0.4 is 10.5 Å². The van der Waals surface area contributed by atoms with Gasteiger partial charge in [-0.3, -0.25) is 0 Å². The molecule has 1 aromatic rings. The van der Waals surface area contributed by atoms with Gasteiger partial charge in [0.1, 0.15) is 0 Å². The lowest BCUT2D eigenvalue weighted by molar-refractivity contribution is 0.232. The van der Waals surface area contributed by atoms with Gasteiger partial charge in [0.15, 0.2) is 0 Å². The molecule has 0 bridgehead atoms. The predicted molar refractivity (Wildman–Crippen MR) is 85.9 cm³/mol. The van der Waals surface area contributed by atoms with Gasteiger partial charge < -0.3 is 10.5 Å². The minimum absolute atomic E-state index is 0.181. The maximum absolute atomic E-state index is 5.52. The van der Waals surface area contributed by atoms with Gasteiger partial charge in [-0.05, 0) is 50.7 Å². The minimum Gasteiger partial charge on any atom is -0.475 e. The zero-order valence-corrected chi connectivity index (χ0v) is 13.8. The van der Waals surface area contributed by atoms with Crippen LogP contribution in [-0.4, -0.2) is 35.0 Å². The topological polar surface area (TPSA) is 51.4 Å². The summed E-state index contributed by atoms with van der Waals surface area (Å²) in [7, 11) is 0. The molecule has 0 saturated carbocycles. The smallest absolute Gasteiger partial charge is 0.213 e. The van der Waals surface area contributed by atoms with E-state index in [4.69, 9.17) is 10.5 Å². The highest BCUT2D eigenvalue weighted by molar-refractivity contribution is 7.97. The average molecular weight is 297 g/mol. The Labute approximate surface area is 127 Å². The van der Waals surface area contributed by atoms with Gasteiger partial charge in [0.2, 0.25) is 5.88 Å². The molecule has 0 aliphatic carbocycles. The number of aromatic nitrogens is 1. The number of nitrogens with zero attached hydrogens (tertiary/aromatic N) is 2. The third-order valence-electron chi connectivity index (χ3n) is 2.69. The Morgan fingerprint density at radius 2 is 2.20 bits per heavy atom. The quantitative estimate of drug-likeness (QED) is 0.865. The highest BCUT2D eigenvalue weighted by Crippen LogP contribution is 2.29. The molecule has 20 heavy (non-hydrogen) atoms. The van der Waals surface area contributed by atoms with Crippen LogP contribution in [-0.2, 0) is 0 Å². The fourth-order valence-corrected chi connectivity index (χ4v) is 2.91. The van der Waals surface area contributed by atoms with Gasteiger partial charge in [-0.25, -0.2) is 9.29 Å². The Morgan fingerprint density at radius 1 is 1.50 bits per heavy atom. The van der Waals surface area contributed by atoms with Gasteiger partial charge in [0.25, 0.3) is 0 Å². The largest absolute Gasteiger partial charge is 0.475 e. The van der Waals surface area contributed by atoms with Crippen molar-refractivity contribution in [3.8, 4) is 5.88 Å². The summed E-state index contributed by atoms with van der Waals surface area (Å²) >= 11 is 1.80. The molecule has 0 radical (unpaired) electrons. The van der Waals surface area contributed by atoms with Crippen molar-refractivity contribution in [2.24, 2.45) is 11.7 Å². The third kappa shape index (κ3) is 6.59. The summed E-state index contributed by atoms with van der Waals surface area (Å²) in [6.07, 6.45) is 3.38. The van der Waals surface area contributed by atoms with E-state index in [0.717, 1.165) is 12.5 Å². The van der Waals surface area contributed by atoms with Gasteiger partial charge in [-0.1, -0.05) is 13.8 Å². The van der Waals surface area contributed by atoms with Crippen LogP contribution in [0.5, 0.6) is 5.88 Å². The molecule has 1 atom stereocenters. The molecule has 2 heterocycles. The fourth-order valence-electron chi connectivity index (χ4n) is 1.86. The molecule has 0 aromatic carbocycles. The molecular formula is C15H27N3OS. The van der Waals surface area contributed by atoms with Gasteiger partial charge in [0.05, 0.1) is 6.10 Å². The van der Waals surface area contributed by atoms with Crippen LogP contribution in [0.15, 0.2) is 23.2 Å². The summed E-state index contributed by atoms with van der Waals surface area (Å²) in [6, 6.07) is 4.03. The molecule has 0 spiro atoms. The summed E-state index contributed by atoms with van der Waals surface area (Å²) in [4.78, 5) is 5.50. The van der Waals surface area contributed by atoms with Gasteiger partial charge in [-0.15, -0.1) is 0 Å². The second-order valence-electron chi connectivity index (χ2n) is 5.28. The van der Waals surface area contributed by atoms with Crippen molar-refractivity contribution in [3.63, 3.8) is 0 Å². The molecule has 1 aliphatic heterocycles. The van der Waals surface area contributed by atoms with Crippen molar-refractivity contribution in [1.82, 2.24) is 9.29 Å². The van der Waals surface area contributed by atoms with Gasteiger partial charge >= 0.3 is 0 Å². The highest BCUT2D eigenvalue weighted by atomic mass is 32.2. The van der Waals surface area contributed by atoms with Crippen LogP contribution in [0.4, 0.5) is 0 Å². The minimum atomic E-state index is 0.181. The second-order valence-corrected chi connectivity index (χ2v) is 6.45. The Hall–Kier alpha value is -0.780. The van der Waals surface area contributed by atoms with Crippen LogP contribution in [0.25, 0.3) is 0 Å². The van der Waals surface area contributed by atoms with Crippen LogP contribution in [0.2, 0.25) is 0 Å². The Kier molecular flexibility index (Phi) is 7.95. The number of pyridine rings is 1. The van der Waals surface area contributed by atoms with E-state index in [1.165, 1.54) is 24.4 Å². The van der Waals surface area contributed by atoms with Crippen molar-refractivity contribution in [3.05, 3.63) is 18.3 Å². The fraction of sp³-hybridized carbons (Fsp3) is 0.667. The molecule has 1 fully saturated rings. The Bertz CT molecular complexity index is 370. The molecule has 1 aromatic heterocycles. The van der Waals surface area contributed by atoms with Gasteiger partial charge in [0, 0.05) is 30.2 Å². The number of ether oxygens (including phenoxy) is 1.